The van der Waals surface area contributed by atoms with Crippen molar-refractivity contribution in [1.29, 1.82) is 0 Å². The van der Waals surface area contributed by atoms with E-state index in [4.69, 9.17) is 5.73 Å². The van der Waals surface area contributed by atoms with Crippen molar-refractivity contribution >= 4 is 11.6 Å². The normalized spacial score (nSPS) is 30.2. The molecule has 5 heteroatoms. The van der Waals surface area contributed by atoms with Gasteiger partial charge in [0.15, 0.2) is 5.65 Å². The first kappa shape index (κ1) is 11.2. The Kier molecular flexibility index (Phi) is 2.33. The first-order chi connectivity index (χ1) is 9.20. The Morgan fingerprint density at radius 3 is 2.68 bits per heavy atom. The van der Waals surface area contributed by atoms with E-state index in [-0.39, 0.29) is 0 Å². The van der Waals surface area contributed by atoms with Crippen LogP contribution in [0.5, 0.6) is 0 Å². The summed E-state index contributed by atoms with van der Waals surface area (Å²) in [7, 11) is 0. The van der Waals surface area contributed by atoms with Crippen LogP contribution >= 0.6 is 0 Å². The van der Waals surface area contributed by atoms with Gasteiger partial charge in [-0.3, -0.25) is 0 Å². The van der Waals surface area contributed by atoms with Gasteiger partial charge in [0, 0.05) is 24.3 Å². The number of aryl methyl sites for hydroxylation is 1. The van der Waals surface area contributed by atoms with E-state index in [0.29, 0.717) is 18.1 Å². The zero-order valence-electron chi connectivity index (χ0n) is 11.2. The van der Waals surface area contributed by atoms with Crippen LogP contribution in [0, 0.1) is 6.92 Å². The van der Waals surface area contributed by atoms with E-state index >= 15 is 0 Å². The number of nitrogens with two attached hydrogens (primary N) is 1. The zero-order chi connectivity index (χ0) is 13.0. The van der Waals surface area contributed by atoms with Crippen molar-refractivity contribution < 1.29 is 0 Å². The third-order valence-electron chi connectivity index (χ3n) is 4.47. The van der Waals surface area contributed by atoms with Crippen molar-refractivity contribution in [3.63, 3.8) is 0 Å². The number of pyridine rings is 1. The highest BCUT2D eigenvalue weighted by atomic mass is 15.4. The van der Waals surface area contributed by atoms with Crippen LogP contribution in [0.15, 0.2) is 18.3 Å². The Morgan fingerprint density at radius 1 is 1.21 bits per heavy atom. The average Bonchev–Trinajstić information content (AvgIpc) is 2.88. The topological polar surface area (TPSA) is 59.5 Å². The summed E-state index contributed by atoms with van der Waals surface area (Å²) in [4.78, 5) is 7.09. The molecule has 2 aromatic rings. The van der Waals surface area contributed by atoms with Crippen LogP contribution in [0.2, 0.25) is 0 Å². The van der Waals surface area contributed by atoms with Gasteiger partial charge in [-0.05, 0) is 44.2 Å². The number of fused-ring (bicyclic) bond motifs is 3. The van der Waals surface area contributed by atoms with Crippen LogP contribution in [0.3, 0.4) is 0 Å². The molecule has 2 unspecified atom stereocenters. The summed E-state index contributed by atoms with van der Waals surface area (Å²) in [6.45, 7) is 2.07. The highest BCUT2D eigenvalue weighted by molar-refractivity contribution is 5.47. The third kappa shape index (κ3) is 1.72. The van der Waals surface area contributed by atoms with Gasteiger partial charge in [-0.2, -0.15) is 4.98 Å². The molecule has 0 saturated carbocycles. The van der Waals surface area contributed by atoms with Gasteiger partial charge in [0.1, 0.15) is 0 Å². The van der Waals surface area contributed by atoms with Crippen molar-refractivity contribution in [3.05, 3.63) is 23.9 Å². The molecule has 4 heterocycles. The average molecular weight is 257 g/mol. The number of hydrogen-bond acceptors (Lipinski definition) is 4. The number of rotatable bonds is 1. The fraction of sp³-hybridized carbons (Fsp3) is 0.571. The lowest BCUT2D eigenvalue weighted by Gasteiger charge is -2.36. The molecule has 5 nitrogen and oxygen atoms in total. The van der Waals surface area contributed by atoms with Gasteiger partial charge < -0.3 is 10.6 Å². The second kappa shape index (κ2) is 3.93. The maximum absolute atomic E-state index is 6.12. The van der Waals surface area contributed by atoms with Gasteiger partial charge in [-0.25, -0.2) is 4.52 Å². The Morgan fingerprint density at radius 2 is 1.95 bits per heavy atom. The lowest BCUT2D eigenvalue weighted by Crippen LogP contribution is -2.48. The number of aromatic nitrogens is 3. The minimum Gasteiger partial charge on any atom is -0.333 e. The molecule has 2 fully saturated rings. The molecule has 0 spiro atoms. The summed E-state index contributed by atoms with van der Waals surface area (Å²) in [5, 5.41) is 4.65. The van der Waals surface area contributed by atoms with Crippen LogP contribution in [-0.2, 0) is 0 Å². The van der Waals surface area contributed by atoms with Gasteiger partial charge in [-0.1, -0.05) is 6.07 Å². The maximum Gasteiger partial charge on any atom is 0.246 e. The molecule has 100 valence electrons. The summed E-state index contributed by atoms with van der Waals surface area (Å²) in [6.07, 6.45) is 6.64. The number of nitrogens with zero attached hydrogens (tertiary/aromatic N) is 4. The molecular formula is C14H19N5. The van der Waals surface area contributed by atoms with Crippen molar-refractivity contribution in [3.8, 4) is 0 Å². The Labute approximate surface area is 112 Å². The smallest absolute Gasteiger partial charge is 0.246 e. The molecule has 2 N–H and O–H groups in total. The van der Waals surface area contributed by atoms with Crippen LogP contribution in [-0.4, -0.2) is 32.7 Å². The Bertz CT molecular complexity index is 605. The van der Waals surface area contributed by atoms with Crippen LogP contribution < -0.4 is 10.6 Å². The first-order valence-electron chi connectivity index (χ1n) is 7.07. The van der Waals surface area contributed by atoms with Gasteiger partial charge in [0.05, 0.1) is 0 Å². The molecule has 2 bridgehead atoms. The standard InChI is InChI=1S/C14H19N5/c1-9-2-5-13-16-14(17-18(13)8-9)19-11-3-4-12(19)7-10(15)6-11/h2,5,8,10-12H,3-4,6-7,15H2,1H3. The molecule has 2 atom stereocenters. The van der Waals surface area contributed by atoms with Gasteiger partial charge in [0.2, 0.25) is 5.95 Å². The Balaban J connectivity index is 1.74. The second-order valence-corrected chi connectivity index (χ2v) is 5.94. The quantitative estimate of drug-likeness (QED) is 0.841. The Hall–Kier alpha value is -1.62. The molecule has 2 saturated heterocycles. The molecule has 19 heavy (non-hydrogen) atoms. The summed E-state index contributed by atoms with van der Waals surface area (Å²) in [5.41, 5.74) is 8.25. The van der Waals surface area contributed by atoms with Gasteiger partial charge in [-0.15, -0.1) is 5.10 Å². The SMILES string of the molecule is Cc1ccc2nc(N3C4CCC3CC(N)C4)nn2c1. The lowest BCUT2D eigenvalue weighted by molar-refractivity contribution is 0.409. The van der Waals surface area contributed by atoms with E-state index in [1.54, 1.807) is 0 Å². The third-order valence-corrected chi connectivity index (χ3v) is 4.47. The summed E-state index contributed by atoms with van der Waals surface area (Å²) in [6, 6.07) is 5.53. The van der Waals surface area contributed by atoms with E-state index in [9.17, 15) is 0 Å². The number of hydrogen-bond donors (Lipinski definition) is 1. The van der Waals surface area contributed by atoms with Gasteiger partial charge >= 0.3 is 0 Å². The van der Waals surface area contributed by atoms with Crippen molar-refractivity contribution in [2.45, 2.75) is 50.7 Å². The molecule has 2 aromatic heterocycles. The van der Waals surface area contributed by atoms with E-state index in [1.807, 2.05) is 16.8 Å². The molecule has 0 amide bonds. The molecule has 2 aliphatic rings. The molecule has 0 aliphatic carbocycles. The van der Waals surface area contributed by atoms with E-state index in [1.165, 1.54) is 18.4 Å². The molecule has 4 rings (SSSR count). The summed E-state index contributed by atoms with van der Waals surface area (Å²) >= 11 is 0. The molecule has 2 aliphatic heterocycles. The highest BCUT2D eigenvalue weighted by Crippen LogP contribution is 2.37. The largest absolute Gasteiger partial charge is 0.333 e. The van der Waals surface area contributed by atoms with E-state index < -0.39 is 0 Å². The molecule has 0 aromatic carbocycles. The van der Waals surface area contributed by atoms with Crippen LogP contribution in [0.25, 0.3) is 5.65 Å². The van der Waals surface area contributed by atoms with Gasteiger partial charge in [0.25, 0.3) is 0 Å². The fourth-order valence-corrected chi connectivity index (χ4v) is 3.63. The zero-order valence-corrected chi connectivity index (χ0v) is 11.2. The highest BCUT2D eigenvalue weighted by Gasteiger charge is 2.41. The first-order valence-corrected chi connectivity index (χ1v) is 7.07. The second-order valence-electron chi connectivity index (χ2n) is 5.94. The monoisotopic (exact) mass is 257 g/mol. The van der Waals surface area contributed by atoms with Crippen molar-refractivity contribution in [2.75, 3.05) is 4.90 Å². The van der Waals surface area contributed by atoms with Crippen LogP contribution in [0.4, 0.5) is 5.95 Å². The fourth-order valence-electron chi connectivity index (χ4n) is 3.63. The maximum atomic E-state index is 6.12. The summed E-state index contributed by atoms with van der Waals surface area (Å²) < 4.78 is 1.89. The van der Waals surface area contributed by atoms with E-state index in [0.717, 1.165) is 24.4 Å². The number of piperidine rings is 1. The molecule has 0 radical (unpaired) electrons. The van der Waals surface area contributed by atoms with Crippen molar-refractivity contribution in [1.82, 2.24) is 14.6 Å². The molecular weight excluding hydrogens is 238 g/mol. The number of anilines is 1. The minimum absolute atomic E-state index is 0.355. The van der Waals surface area contributed by atoms with Crippen molar-refractivity contribution in [2.24, 2.45) is 5.73 Å². The van der Waals surface area contributed by atoms with Crippen LogP contribution in [0.1, 0.15) is 31.2 Å². The van der Waals surface area contributed by atoms with E-state index in [2.05, 4.69) is 28.0 Å². The minimum atomic E-state index is 0.355. The predicted octanol–water partition coefficient (Wildman–Crippen LogP) is 1.50. The lowest BCUT2D eigenvalue weighted by atomic mass is 9.99. The predicted molar refractivity (Wildman–Crippen MR) is 74.2 cm³/mol. The summed E-state index contributed by atoms with van der Waals surface area (Å²) in [5.74, 6) is 0.880.